The zero-order valence-electron chi connectivity index (χ0n) is 11.9. The van der Waals surface area contributed by atoms with E-state index in [2.05, 4.69) is 14.1 Å². The average Bonchev–Trinajstić information content (AvgIpc) is 2.87. The SMILES string of the molecule is COCC(O)CN(C)CC(=O)Nc1cccc2nsnc12. The summed E-state index contributed by atoms with van der Waals surface area (Å²) in [6.07, 6.45) is -0.612. The van der Waals surface area contributed by atoms with Gasteiger partial charge in [0.1, 0.15) is 11.0 Å². The van der Waals surface area contributed by atoms with Crippen molar-refractivity contribution in [3.63, 3.8) is 0 Å². The summed E-state index contributed by atoms with van der Waals surface area (Å²) in [5.74, 6) is -0.164. The Morgan fingerprint density at radius 2 is 2.33 bits per heavy atom. The number of aliphatic hydroxyl groups excluding tert-OH is 1. The first-order chi connectivity index (χ1) is 10.1. The number of fused-ring (bicyclic) bond motifs is 1. The number of likely N-dealkylation sites (N-methyl/N-ethyl adjacent to an activating group) is 1. The van der Waals surface area contributed by atoms with Gasteiger partial charge in [0.15, 0.2) is 0 Å². The van der Waals surface area contributed by atoms with Crippen LogP contribution in [0.2, 0.25) is 0 Å². The number of carbonyl (C=O) groups excluding carboxylic acids is 1. The molecule has 0 saturated carbocycles. The molecule has 1 amide bonds. The molecule has 0 spiro atoms. The summed E-state index contributed by atoms with van der Waals surface area (Å²) in [5, 5.41) is 12.4. The molecule has 0 fully saturated rings. The van der Waals surface area contributed by atoms with Crippen molar-refractivity contribution in [2.24, 2.45) is 0 Å². The van der Waals surface area contributed by atoms with Crippen LogP contribution in [0.25, 0.3) is 11.0 Å². The topological polar surface area (TPSA) is 87.6 Å². The smallest absolute Gasteiger partial charge is 0.238 e. The number of aromatic nitrogens is 2. The largest absolute Gasteiger partial charge is 0.389 e. The third-order valence-electron chi connectivity index (χ3n) is 2.86. The van der Waals surface area contributed by atoms with Gasteiger partial charge >= 0.3 is 0 Å². The van der Waals surface area contributed by atoms with Crippen molar-refractivity contribution in [3.05, 3.63) is 18.2 Å². The number of hydrogen-bond acceptors (Lipinski definition) is 7. The molecule has 2 rings (SSSR count). The van der Waals surface area contributed by atoms with Crippen LogP contribution in [-0.2, 0) is 9.53 Å². The van der Waals surface area contributed by atoms with Crippen LogP contribution in [0.15, 0.2) is 18.2 Å². The van der Waals surface area contributed by atoms with Crippen LogP contribution in [0, 0.1) is 0 Å². The molecule has 0 bridgehead atoms. The van der Waals surface area contributed by atoms with E-state index in [4.69, 9.17) is 4.74 Å². The molecule has 7 nitrogen and oxygen atoms in total. The van der Waals surface area contributed by atoms with Crippen molar-refractivity contribution in [2.75, 3.05) is 39.2 Å². The zero-order valence-corrected chi connectivity index (χ0v) is 12.8. The van der Waals surface area contributed by atoms with Gasteiger partial charge in [-0.3, -0.25) is 9.69 Å². The Kier molecular flexibility index (Phi) is 5.57. The van der Waals surface area contributed by atoms with Crippen LogP contribution in [0.1, 0.15) is 0 Å². The minimum absolute atomic E-state index is 0.164. The van der Waals surface area contributed by atoms with Crippen molar-refractivity contribution in [2.45, 2.75) is 6.10 Å². The number of nitrogens with one attached hydrogen (secondary N) is 1. The second kappa shape index (κ2) is 7.41. The maximum Gasteiger partial charge on any atom is 0.238 e. The molecule has 0 saturated heterocycles. The van der Waals surface area contributed by atoms with Gasteiger partial charge in [0.25, 0.3) is 0 Å². The van der Waals surface area contributed by atoms with Gasteiger partial charge in [-0.25, -0.2) is 0 Å². The van der Waals surface area contributed by atoms with Crippen molar-refractivity contribution in [3.8, 4) is 0 Å². The molecule has 0 aliphatic heterocycles. The van der Waals surface area contributed by atoms with E-state index < -0.39 is 6.10 Å². The predicted molar refractivity (Wildman–Crippen MR) is 81.4 cm³/mol. The van der Waals surface area contributed by atoms with Crippen LogP contribution in [-0.4, -0.2) is 64.6 Å². The lowest BCUT2D eigenvalue weighted by atomic mass is 10.2. The van der Waals surface area contributed by atoms with Crippen LogP contribution < -0.4 is 5.32 Å². The van der Waals surface area contributed by atoms with Gasteiger partial charge in [0.05, 0.1) is 36.7 Å². The fraction of sp³-hybridized carbons (Fsp3) is 0.462. The molecule has 1 heterocycles. The standard InChI is InChI=1S/C13H18N4O3S/c1-17(6-9(18)8-20-2)7-12(19)14-10-4-3-5-11-13(10)16-21-15-11/h3-5,9,18H,6-8H2,1-2H3,(H,14,19). The highest BCUT2D eigenvalue weighted by Gasteiger charge is 2.13. The number of methoxy groups -OCH3 is 1. The highest BCUT2D eigenvalue weighted by Crippen LogP contribution is 2.20. The number of hydrogen-bond donors (Lipinski definition) is 2. The quantitative estimate of drug-likeness (QED) is 0.777. The number of nitrogens with zero attached hydrogens (tertiary/aromatic N) is 3. The Hall–Kier alpha value is -1.61. The Morgan fingerprint density at radius 1 is 1.52 bits per heavy atom. The average molecular weight is 310 g/mol. The number of aliphatic hydroxyl groups is 1. The van der Waals surface area contributed by atoms with E-state index in [0.29, 0.717) is 17.7 Å². The van der Waals surface area contributed by atoms with E-state index >= 15 is 0 Å². The minimum Gasteiger partial charge on any atom is -0.389 e. The second-order valence-electron chi connectivity index (χ2n) is 4.79. The maximum absolute atomic E-state index is 12.0. The summed E-state index contributed by atoms with van der Waals surface area (Å²) in [7, 11) is 3.29. The summed E-state index contributed by atoms with van der Waals surface area (Å²) in [6.45, 7) is 0.786. The van der Waals surface area contributed by atoms with Crippen molar-refractivity contribution in [1.29, 1.82) is 0 Å². The zero-order chi connectivity index (χ0) is 15.2. The molecule has 1 atom stereocenters. The van der Waals surface area contributed by atoms with Gasteiger partial charge in [0.2, 0.25) is 5.91 Å². The van der Waals surface area contributed by atoms with Gasteiger partial charge in [-0.15, -0.1) is 0 Å². The Labute approximate surface area is 126 Å². The molecule has 114 valence electrons. The molecule has 2 N–H and O–H groups in total. The Balaban J connectivity index is 1.91. The van der Waals surface area contributed by atoms with E-state index in [1.54, 1.807) is 18.0 Å². The molecule has 8 heteroatoms. The molecular weight excluding hydrogens is 292 g/mol. The molecule has 21 heavy (non-hydrogen) atoms. The molecule has 1 aromatic heterocycles. The van der Waals surface area contributed by atoms with Gasteiger partial charge in [-0.1, -0.05) is 6.07 Å². The normalized spacial score (nSPS) is 12.8. The molecule has 1 unspecified atom stereocenters. The van der Waals surface area contributed by atoms with E-state index in [9.17, 15) is 9.90 Å². The number of benzene rings is 1. The molecule has 0 aliphatic rings. The number of anilines is 1. The second-order valence-corrected chi connectivity index (χ2v) is 5.32. The van der Waals surface area contributed by atoms with Gasteiger partial charge in [0, 0.05) is 13.7 Å². The Morgan fingerprint density at radius 3 is 3.10 bits per heavy atom. The van der Waals surface area contributed by atoms with Crippen LogP contribution in [0.3, 0.4) is 0 Å². The van der Waals surface area contributed by atoms with Gasteiger partial charge in [-0.05, 0) is 19.2 Å². The number of carbonyl (C=O) groups is 1. The summed E-state index contributed by atoms with van der Waals surface area (Å²) < 4.78 is 13.2. The summed E-state index contributed by atoms with van der Waals surface area (Å²) in [6, 6.07) is 5.47. The highest BCUT2D eigenvalue weighted by molar-refractivity contribution is 7.00. The Bertz CT molecular complexity index is 604. The van der Waals surface area contributed by atoms with Crippen LogP contribution in [0.5, 0.6) is 0 Å². The highest BCUT2D eigenvalue weighted by atomic mass is 32.1. The molecule has 2 aromatic rings. The van der Waals surface area contributed by atoms with Crippen LogP contribution >= 0.6 is 11.7 Å². The first-order valence-electron chi connectivity index (χ1n) is 6.47. The van der Waals surface area contributed by atoms with E-state index in [1.807, 2.05) is 12.1 Å². The van der Waals surface area contributed by atoms with Crippen molar-refractivity contribution >= 4 is 34.4 Å². The van der Waals surface area contributed by atoms with E-state index in [0.717, 1.165) is 17.2 Å². The van der Waals surface area contributed by atoms with Crippen molar-refractivity contribution in [1.82, 2.24) is 13.6 Å². The molecule has 0 aliphatic carbocycles. The first-order valence-corrected chi connectivity index (χ1v) is 7.20. The third kappa shape index (κ3) is 4.43. The van der Waals surface area contributed by atoms with E-state index in [1.165, 1.54) is 7.11 Å². The fourth-order valence-corrected chi connectivity index (χ4v) is 2.56. The van der Waals surface area contributed by atoms with E-state index in [-0.39, 0.29) is 19.1 Å². The monoisotopic (exact) mass is 310 g/mol. The number of amides is 1. The molecule has 1 aromatic carbocycles. The van der Waals surface area contributed by atoms with Gasteiger partial charge in [-0.2, -0.15) is 8.75 Å². The summed E-state index contributed by atoms with van der Waals surface area (Å²) in [5.41, 5.74) is 2.11. The third-order valence-corrected chi connectivity index (χ3v) is 3.40. The predicted octanol–water partition coefficient (Wildman–Crippen LogP) is 0.569. The first kappa shape index (κ1) is 15.8. The molecular formula is C13H18N4O3S. The minimum atomic E-state index is -0.612. The maximum atomic E-state index is 12.0. The fourth-order valence-electron chi connectivity index (χ4n) is 2.01. The lowest BCUT2D eigenvalue weighted by molar-refractivity contribution is -0.117. The lowest BCUT2D eigenvalue weighted by Crippen LogP contribution is -2.37. The number of ether oxygens (including phenoxy) is 1. The van der Waals surface area contributed by atoms with Crippen LogP contribution in [0.4, 0.5) is 5.69 Å². The van der Waals surface area contributed by atoms with Crippen molar-refractivity contribution < 1.29 is 14.6 Å². The van der Waals surface area contributed by atoms with Gasteiger partial charge < -0.3 is 15.2 Å². The molecule has 0 radical (unpaired) electrons. The summed E-state index contributed by atoms with van der Waals surface area (Å²) in [4.78, 5) is 13.8. The lowest BCUT2D eigenvalue weighted by Gasteiger charge is -2.19. The number of rotatable bonds is 7. The summed E-state index contributed by atoms with van der Waals surface area (Å²) >= 11 is 1.11.